The van der Waals surface area contributed by atoms with Crippen molar-refractivity contribution in [2.24, 2.45) is 0 Å². The molecular formula is C12H13N5O2. The van der Waals surface area contributed by atoms with E-state index in [9.17, 15) is 4.79 Å². The van der Waals surface area contributed by atoms with Gasteiger partial charge in [0.25, 0.3) is 0 Å². The number of nitrogens with zero attached hydrogens (tertiary/aromatic N) is 3. The molecule has 19 heavy (non-hydrogen) atoms. The molecule has 0 radical (unpaired) electrons. The van der Waals surface area contributed by atoms with Crippen LogP contribution in [0.4, 0.5) is 0 Å². The molecule has 0 saturated carbocycles. The third kappa shape index (κ3) is 2.45. The van der Waals surface area contributed by atoms with E-state index in [1.807, 2.05) is 18.2 Å². The van der Waals surface area contributed by atoms with Gasteiger partial charge in [-0.15, -0.1) is 10.2 Å². The lowest BCUT2D eigenvalue weighted by atomic mass is 9.93. The molecule has 1 aliphatic heterocycles. The number of H-pyrrole nitrogens is 1. The number of aliphatic carboxylic acids is 1. The zero-order valence-corrected chi connectivity index (χ0v) is 10.1. The van der Waals surface area contributed by atoms with Gasteiger partial charge < -0.3 is 10.4 Å². The van der Waals surface area contributed by atoms with Crippen LogP contribution in [0.25, 0.3) is 0 Å². The smallest absolute Gasteiger partial charge is 0.321 e. The summed E-state index contributed by atoms with van der Waals surface area (Å²) in [5.41, 5.74) is 3.28. The van der Waals surface area contributed by atoms with Crippen LogP contribution in [0.5, 0.6) is 0 Å². The predicted octanol–water partition coefficient (Wildman–Crippen LogP) is -0.111. The van der Waals surface area contributed by atoms with Crippen molar-refractivity contribution in [1.29, 1.82) is 0 Å². The number of aromatic amines is 1. The van der Waals surface area contributed by atoms with Crippen molar-refractivity contribution < 1.29 is 9.90 Å². The number of benzene rings is 1. The molecule has 3 N–H and O–H groups in total. The second-order valence-electron chi connectivity index (χ2n) is 4.58. The van der Waals surface area contributed by atoms with Crippen LogP contribution in [0.15, 0.2) is 18.2 Å². The van der Waals surface area contributed by atoms with E-state index in [0.29, 0.717) is 25.2 Å². The van der Waals surface area contributed by atoms with Gasteiger partial charge in [0.05, 0.1) is 0 Å². The maximum absolute atomic E-state index is 11.0. The van der Waals surface area contributed by atoms with Crippen LogP contribution >= 0.6 is 0 Å². The van der Waals surface area contributed by atoms with E-state index in [1.165, 1.54) is 0 Å². The minimum absolute atomic E-state index is 0.505. The summed E-state index contributed by atoms with van der Waals surface area (Å²) in [6, 6.07) is 5.56. The highest BCUT2D eigenvalue weighted by molar-refractivity contribution is 5.74. The van der Waals surface area contributed by atoms with Crippen molar-refractivity contribution >= 4 is 5.97 Å². The molecule has 1 aliphatic rings. The molecule has 1 aromatic carbocycles. The number of fused-ring (bicyclic) bond motifs is 1. The average molecular weight is 259 g/mol. The summed E-state index contributed by atoms with van der Waals surface area (Å²) in [6.45, 7) is 0.592. The third-order valence-corrected chi connectivity index (χ3v) is 3.28. The first kappa shape index (κ1) is 11.8. The Morgan fingerprint density at radius 2 is 2.32 bits per heavy atom. The molecule has 3 rings (SSSR count). The number of nitrogens with one attached hydrogen (secondary N) is 2. The third-order valence-electron chi connectivity index (χ3n) is 3.28. The Morgan fingerprint density at radius 1 is 1.42 bits per heavy atom. The normalized spacial score (nSPS) is 18.0. The van der Waals surface area contributed by atoms with E-state index in [4.69, 9.17) is 5.11 Å². The van der Waals surface area contributed by atoms with Gasteiger partial charge >= 0.3 is 5.97 Å². The van der Waals surface area contributed by atoms with Crippen LogP contribution in [0, 0.1) is 0 Å². The van der Waals surface area contributed by atoms with Gasteiger partial charge in [-0.3, -0.25) is 4.79 Å². The Labute approximate surface area is 109 Å². The number of tetrazole rings is 1. The molecule has 1 aromatic heterocycles. The summed E-state index contributed by atoms with van der Waals surface area (Å²) in [4.78, 5) is 11.0. The Bertz CT molecular complexity index is 596. The molecule has 0 saturated heterocycles. The van der Waals surface area contributed by atoms with Gasteiger partial charge in [0.2, 0.25) is 0 Å². The van der Waals surface area contributed by atoms with Gasteiger partial charge in [-0.1, -0.05) is 23.4 Å². The SMILES string of the molecule is O=C(O)[C@H]1Cc2cc(Cc3nn[nH]n3)ccc2CN1. The van der Waals surface area contributed by atoms with Gasteiger partial charge in [-0.05, 0) is 23.1 Å². The molecular weight excluding hydrogens is 246 g/mol. The molecule has 0 aliphatic carbocycles. The van der Waals surface area contributed by atoms with Crippen molar-refractivity contribution in [2.45, 2.75) is 25.4 Å². The molecule has 0 amide bonds. The van der Waals surface area contributed by atoms with Crippen LogP contribution < -0.4 is 5.32 Å². The first-order valence-electron chi connectivity index (χ1n) is 6.01. The molecule has 7 nitrogen and oxygen atoms in total. The molecule has 0 unspecified atom stereocenters. The highest BCUT2D eigenvalue weighted by Gasteiger charge is 2.23. The number of aromatic nitrogens is 4. The molecule has 2 aromatic rings. The van der Waals surface area contributed by atoms with Gasteiger partial charge in [0.15, 0.2) is 5.82 Å². The van der Waals surface area contributed by atoms with Gasteiger partial charge in [0, 0.05) is 13.0 Å². The second-order valence-corrected chi connectivity index (χ2v) is 4.58. The molecule has 1 atom stereocenters. The summed E-state index contributed by atoms with van der Waals surface area (Å²) in [7, 11) is 0. The first-order chi connectivity index (χ1) is 9.22. The molecule has 98 valence electrons. The van der Waals surface area contributed by atoms with Crippen LogP contribution in [0.2, 0.25) is 0 Å². The number of carboxylic acid groups (broad SMARTS) is 1. The standard InChI is InChI=1S/C12H13N5O2/c18-12(19)10-5-9-3-7(1-2-8(9)6-13-10)4-11-14-16-17-15-11/h1-3,10,13H,4-6H2,(H,18,19)(H,14,15,16,17)/t10-/m1/s1. The van der Waals surface area contributed by atoms with Crippen molar-refractivity contribution in [1.82, 2.24) is 25.9 Å². The fourth-order valence-electron chi connectivity index (χ4n) is 2.29. The summed E-state index contributed by atoms with van der Waals surface area (Å²) in [5.74, 6) is -0.183. The fourth-order valence-corrected chi connectivity index (χ4v) is 2.29. The van der Waals surface area contributed by atoms with Gasteiger partial charge in [-0.25, -0.2) is 0 Å². The number of carboxylic acids is 1. The Hall–Kier alpha value is -2.28. The first-order valence-corrected chi connectivity index (χ1v) is 6.01. The molecule has 0 spiro atoms. The number of hydrogen-bond donors (Lipinski definition) is 3. The predicted molar refractivity (Wildman–Crippen MR) is 65.4 cm³/mol. The lowest BCUT2D eigenvalue weighted by Gasteiger charge is -2.23. The van der Waals surface area contributed by atoms with E-state index < -0.39 is 12.0 Å². The van der Waals surface area contributed by atoms with Crippen LogP contribution in [-0.2, 0) is 24.2 Å². The summed E-state index contributed by atoms with van der Waals surface area (Å²) >= 11 is 0. The van der Waals surface area contributed by atoms with Crippen LogP contribution in [0.3, 0.4) is 0 Å². The molecule has 0 fully saturated rings. The average Bonchev–Trinajstić information content (AvgIpc) is 2.90. The Balaban J connectivity index is 1.82. The Morgan fingerprint density at radius 3 is 3.05 bits per heavy atom. The number of hydrogen-bond acceptors (Lipinski definition) is 5. The van der Waals surface area contributed by atoms with Crippen molar-refractivity contribution in [3.63, 3.8) is 0 Å². The number of carbonyl (C=O) groups is 1. The van der Waals surface area contributed by atoms with E-state index in [0.717, 1.165) is 16.7 Å². The van der Waals surface area contributed by atoms with Crippen molar-refractivity contribution in [2.75, 3.05) is 0 Å². The zero-order valence-electron chi connectivity index (χ0n) is 10.1. The van der Waals surface area contributed by atoms with E-state index >= 15 is 0 Å². The van der Waals surface area contributed by atoms with E-state index in [-0.39, 0.29) is 0 Å². The van der Waals surface area contributed by atoms with Crippen LogP contribution in [-0.4, -0.2) is 37.7 Å². The monoisotopic (exact) mass is 259 g/mol. The largest absolute Gasteiger partial charge is 0.480 e. The highest BCUT2D eigenvalue weighted by atomic mass is 16.4. The maximum Gasteiger partial charge on any atom is 0.321 e. The van der Waals surface area contributed by atoms with Crippen molar-refractivity contribution in [3.05, 3.63) is 40.7 Å². The topological polar surface area (TPSA) is 104 Å². The zero-order chi connectivity index (χ0) is 13.2. The van der Waals surface area contributed by atoms with Gasteiger partial charge in [0.1, 0.15) is 6.04 Å². The van der Waals surface area contributed by atoms with Crippen molar-refractivity contribution in [3.8, 4) is 0 Å². The summed E-state index contributed by atoms with van der Waals surface area (Å²) in [5, 5.41) is 25.8. The highest BCUT2D eigenvalue weighted by Crippen LogP contribution is 2.19. The fraction of sp³-hybridized carbons (Fsp3) is 0.333. The van der Waals surface area contributed by atoms with E-state index in [1.54, 1.807) is 0 Å². The number of rotatable bonds is 3. The van der Waals surface area contributed by atoms with Gasteiger partial charge in [-0.2, -0.15) is 5.21 Å². The van der Waals surface area contributed by atoms with Crippen LogP contribution in [0.1, 0.15) is 22.5 Å². The molecule has 0 bridgehead atoms. The minimum atomic E-state index is -0.811. The quantitative estimate of drug-likeness (QED) is 0.710. The maximum atomic E-state index is 11.0. The lowest BCUT2D eigenvalue weighted by molar-refractivity contribution is -0.139. The lowest BCUT2D eigenvalue weighted by Crippen LogP contribution is -2.41. The summed E-state index contributed by atoms with van der Waals surface area (Å²) < 4.78 is 0. The molecule has 7 heteroatoms. The van der Waals surface area contributed by atoms with E-state index in [2.05, 4.69) is 25.9 Å². The minimum Gasteiger partial charge on any atom is -0.480 e. The second kappa shape index (κ2) is 4.77. The molecule has 2 heterocycles. The summed E-state index contributed by atoms with van der Waals surface area (Å²) in [6.07, 6.45) is 1.10. The Kier molecular flexibility index (Phi) is 2.96.